The number of hydrogen-bond acceptors (Lipinski definition) is 7. The van der Waals surface area contributed by atoms with Gasteiger partial charge in [-0.1, -0.05) is 61.5 Å². The van der Waals surface area contributed by atoms with Crippen LogP contribution in [-0.4, -0.2) is 59.8 Å². The number of likely N-dealkylation sites (tertiary alicyclic amines) is 1. The van der Waals surface area contributed by atoms with Crippen LogP contribution in [0.4, 0.5) is 11.4 Å². The van der Waals surface area contributed by atoms with Crippen molar-refractivity contribution < 1.29 is 24.2 Å². The first kappa shape index (κ1) is 29.3. The van der Waals surface area contributed by atoms with Crippen molar-refractivity contribution >= 4 is 23.2 Å². The Morgan fingerprint density at radius 2 is 1.65 bits per heavy atom. The first-order chi connectivity index (χ1) is 20.9. The van der Waals surface area contributed by atoms with Gasteiger partial charge in [0.1, 0.15) is 5.54 Å². The van der Waals surface area contributed by atoms with Gasteiger partial charge in [-0.3, -0.25) is 9.59 Å². The van der Waals surface area contributed by atoms with Gasteiger partial charge in [-0.15, -0.1) is 0 Å². The highest BCUT2D eigenvalue weighted by Crippen LogP contribution is 2.43. The van der Waals surface area contributed by atoms with E-state index in [1.807, 2.05) is 66.7 Å². The van der Waals surface area contributed by atoms with E-state index in [4.69, 9.17) is 9.47 Å². The number of aliphatic hydroxyl groups excluding tert-OH is 1. The Labute approximate surface area is 252 Å². The van der Waals surface area contributed by atoms with Gasteiger partial charge in [-0.05, 0) is 48.2 Å². The van der Waals surface area contributed by atoms with E-state index in [0.29, 0.717) is 6.67 Å². The maximum Gasteiger partial charge on any atom is 0.247 e. The molecule has 6 rings (SSSR count). The van der Waals surface area contributed by atoms with Crippen molar-refractivity contribution in [3.05, 3.63) is 95.6 Å². The number of para-hydroxylation sites is 1. The van der Waals surface area contributed by atoms with Gasteiger partial charge in [0, 0.05) is 49.4 Å². The van der Waals surface area contributed by atoms with Crippen molar-refractivity contribution in [1.82, 2.24) is 10.2 Å². The van der Waals surface area contributed by atoms with Gasteiger partial charge in [0.25, 0.3) is 0 Å². The summed E-state index contributed by atoms with van der Waals surface area (Å²) in [6, 6.07) is 25.7. The molecule has 1 spiro atoms. The summed E-state index contributed by atoms with van der Waals surface area (Å²) in [6.07, 6.45) is 0.571. The van der Waals surface area contributed by atoms with Gasteiger partial charge in [-0.25, -0.2) is 0 Å². The molecule has 0 aliphatic carbocycles. The number of hydrogen-bond donors (Lipinski definition) is 3. The Kier molecular flexibility index (Phi) is 8.50. The molecule has 0 saturated carbocycles. The zero-order valence-electron chi connectivity index (χ0n) is 24.7. The van der Waals surface area contributed by atoms with Crippen LogP contribution >= 0.6 is 0 Å². The molecule has 9 heteroatoms. The summed E-state index contributed by atoms with van der Waals surface area (Å²) in [4.78, 5) is 29.3. The van der Waals surface area contributed by atoms with Gasteiger partial charge >= 0.3 is 0 Å². The molecule has 0 radical (unpaired) electrons. The standard InChI is InChI=1S/C34H40N4O5/c1-23-30(20-37-18-16-34(17-19-37)33(41)35-22-38(34)29-6-4-3-5-7-29)42-32(27-12-14-28(15-13-27)36-24(2)40)43-31(23)26-10-8-25(21-39)9-11-26/h3-15,23,30-32,39H,16-22H2,1-2H3,(H,35,41)(H,36,40)/t23-,30+,31+,32+/m0/s1. The fourth-order valence-electron chi connectivity index (χ4n) is 6.65. The Morgan fingerprint density at radius 3 is 2.30 bits per heavy atom. The van der Waals surface area contributed by atoms with Crippen LogP contribution in [0.15, 0.2) is 78.9 Å². The molecule has 3 fully saturated rings. The number of carbonyl (C=O) groups excluding carboxylic acids is 2. The van der Waals surface area contributed by atoms with Crippen molar-refractivity contribution in [3.63, 3.8) is 0 Å². The molecular weight excluding hydrogens is 544 g/mol. The van der Waals surface area contributed by atoms with Crippen molar-refractivity contribution in [2.24, 2.45) is 5.92 Å². The Hall–Kier alpha value is -3.76. The van der Waals surface area contributed by atoms with E-state index in [1.165, 1.54) is 6.92 Å². The predicted molar refractivity (Wildman–Crippen MR) is 164 cm³/mol. The number of rotatable bonds is 7. The summed E-state index contributed by atoms with van der Waals surface area (Å²) in [5.74, 6) is 0.0469. The topological polar surface area (TPSA) is 103 Å². The lowest BCUT2D eigenvalue weighted by Crippen LogP contribution is -2.57. The second kappa shape index (κ2) is 12.5. The van der Waals surface area contributed by atoms with E-state index in [1.54, 1.807) is 0 Å². The molecule has 3 saturated heterocycles. The quantitative estimate of drug-likeness (QED) is 0.379. The van der Waals surface area contributed by atoms with Crippen LogP contribution in [0.25, 0.3) is 0 Å². The van der Waals surface area contributed by atoms with E-state index >= 15 is 0 Å². The SMILES string of the molecule is CC(=O)Nc1ccc([C@@H]2O[C@H](CN3CCC4(CC3)C(=O)NCN4c3ccccc3)[C@H](C)[C@H](c3ccc(CO)cc3)O2)cc1. The van der Waals surface area contributed by atoms with Gasteiger partial charge in [-0.2, -0.15) is 0 Å². The van der Waals surface area contributed by atoms with Crippen molar-refractivity contribution in [3.8, 4) is 0 Å². The van der Waals surface area contributed by atoms with Gasteiger partial charge < -0.3 is 35.0 Å². The van der Waals surface area contributed by atoms with Crippen molar-refractivity contribution in [1.29, 1.82) is 0 Å². The molecule has 226 valence electrons. The van der Waals surface area contributed by atoms with Crippen LogP contribution in [0, 0.1) is 5.92 Å². The number of nitrogens with one attached hydrogen (secondary N) is 2. The molecule has 4 atom stereocenters. The minimum absolute atomic E-state index is 0.00740. The number of benzene rings is 3. The van der Waals surface area contributed by atoms with Gasteiger partial charge in [0.15, 0.2) is 6.29 Å². The molecule has 3 aromatic rings. The summed E-state index contributed by atoms with van der Waals surface area (Å²) < 4.78 is 13.2. The third kappa shape index (κ3) is 6.03. The van der Waals surface area contributed by atoms with Crippen LogP contribution in [0.3, 0.4) is 0 Å². The van der Waals surface area contributed by atoms with Crippen molar-refractivity contribution in [2.75, 3.05) is 36.5 Å². The predicted octanol–water partition coefficient (Wildman–Crippen LogP) is 4.36. The summed E-state index contributed by atoms with van der Waals surface area (Å²) >= 11 is 0. The third-order valence-corrected chi connectivity index (χ3v) is 9.15. The molecule has 0 bridgehead atoms. The highest BCUT2D eigenvalue weighted by atomic mass is 16.7. The summed E-state index contributed by atoms with van der Waals surface area (Å²) in [7, 11) is 0. The van der Waals surface area contributed by atoms with E-state index < -0.39 is 11.8 Å². The van der Waals surface area contributed by atoms with Crippen LogP contribution in [0.1, 0.15) is 55.8 Å². The molecule has 3 heterocycles. The Morgan fingerprint density at radius 1 is 0.977 bits per heavy atom. The molecule has 3 aliphatic heterocycles. The summed E-state index contributed by atoms with van der Waals surface area (Å²) in [5, 5.41) is 15.4. The van der Waals surface area contributed by atoms with Crippen LogP contribution < -0.4 is 15.5 Å². The zero-order valence-corrected chi connectivity index (χ0v) is 24.7. The smallest absolute Gasteiger partial charge is 0.247 e. The molecule has 43 heavy (non-hydrogen) atoms. The first-order valence-corrected chi connectivity index (χ1v) is 15.1. The fourth-order valence-corrected chi connectivity index (χ4v) is 6.65. The number of aliphatic hydroxyl groups is 1. The summed E-state index contributed by atoms with van der Waals surface area (Å²) in [5.41, 5.74) is 4.02. The van der Waals surface area contributed by atoms with Gasteiger partial charge in [0.05, 0.1) is 25.5 Å². The first-order valence-electron chi connectivity index (χ1n) is 15.1. The minimum Gasteiger partial charge on any atom is -0.392 e. The largest absolute Gasteiger partial charge is 0.392 e. The number of ether oxygens (including phenoxy) is 2. The Bertz CT molecular complexity index is 1410. The molecule has 0 unspecified atom stereocenters. The molecule has 3 N–H and O–H groups in total. The average molecular weight is 585 g/mol. The van der Waals surface area contributed by atoms with Crippen molar-refractivity contribution in [2.45, 2.75) is 57.3 Å². The number of piperidine rings is 1. The monoisotopic (exact) mass is 584 g/mol. The van der Waals surface area contributed by atoms with E-state index in [9.17, 15) is 14.7 Å². The molecule has 3 aromatic carbocycles. The number of nitrogens with zero attached hydrogens (tertiary/aromatic N) is 2. The highest BCUT2D eigenvalue weighted by Gasteiger charge is 2.51. The lowest BCUT2D eigenvalue weighted by molar-refractivity contribution is -0.276. The van der Waals surface area contributed by atoms with Gasteiger partial charge in [0.2, 0.25) is 11.8 Å². The molecule has 9 nitrogen and oxygen atoms in total. The fraction of sp³-hybridized carbons (Fsp3) is 0.412. The number of carbonyl (C=O) groups is 2. The van der Waals surface area contributed by atoms with E-state index in [-0.39, 0.29) is 36.5 Å². The van der Waals surface area contributed by atoms with E-state index in [0.717, 1.165) is 60.5 Å². The lowest BCUT2D eigenvalue weighted by atomic mass is 9.84. The third-order valence-electron chi connectivity index (χ3n) is 9.15. The lowest BCUT2D eigenvalue weighted by Gasteiger charge is -2.46. The van der Waals surface area contributed by atoms with Crippen LogP contribution in [0.5, 0.6) is 0 Å². The highest BCUT2D eigenvalue weighted by molar-refractivity contribution is 5.93. The average Bonchev–Trinajstić information content (AvgIpc) is 3.34. The van der Waals surface area contributed by atoms with E-state index in [2.05, 4.69) is 39.5 Å². The maximum atomic E-state index is 13.2. The van der Waals surface area contributed by atoms with Crippen LogP contribution in [-0.2, 0) is 25.7 Å². The minimum atomic E-state index is -0.583. The molecular formula is C34H40N4O5. The number of anilines is 2. The molecule has 0 aromatic heterocycles. The summed E-state index contributed by atoms with van der Waals surface area (Å²) in [6.45, 7) is 6.47. The second-order valence-electron chi connectivity index (χ2n) is 11.9. The maximum absolute atomic E-state index is 13.2. The Balaban J connectivity index is 1.20. The van der Waals surface area contributed by atoms with Crippen LogP contribution in [0.2, 0.25) is 0 Å². The molecule has 3 aliphatic rings. The normalized spacial score (nSPS) is 25.5. The molecule has 2 amide bonds. The zero-order chi connectivity index (χ0) is 30.0. The second-order valence-corrected chi connectivity index (χ2v) is 11.9. The number of amides is 2.